The molecule has 1 aromatic heterocycles. The van der Waals surface area contributed by atoms with Crippen molar-refractivity contribution >= 4 is 17.5 Å². The third kappa shape index (κ3) is 2.74. The molecule has 1 fully saturated rings. The Morgan fingerprint density at radius 2 is 2.37 bits per heavy atom. The zero-order chi connectivity index (χ0) is 13.8. The molecule has 7 nitrogen and oxygen atoms in total. The summed E-state index contributed by atoms with van der Waals surface area (Å²) in [5.41, 5.74) is -0.0120. The van der Waals surface area contributed by atoms with Crippen molar-refractivity contribution in [1.82, 2.24) is 9.97 Å². The van der Waals surface area contributed by atoms with E-state index in [1.165, 1.54) is 6.20 Å². The summed E-state index contributed by atoms with van der Waals surface area (Å²) < 4.78 is 0. The number of aromatic nitrogens is 2. The van der Waals surface area contributed by atoms with Gasteiger partial charge in [0, 0.05) is 19.1 Å². The predicted molar refractivity (Wildman–Crippen MR) is 73.5 cm³/mol. The highest BCUT2D eigenvalue weighted by molar-refractivity contribution is 5.60. The Labute approximate surface area is 112 Å². The van der Waals surface area contributed by atoms with Crippen LogP contribution in [0.15, 0.2) is 6.20 Å². The van der Waals surface area contributed by atoms with Crippen LogP contribution >= 0.6 is 0 Å². The minimum atomic E-state index is -0.407. The maximum Gasteiger partial charge on any atom is 0.329 e. The Morgan fingerprint density at radius 3 is 3.00 bits per heavy atom. The molecule has 0 spiro atoms. The largest absolute Gasteiger partial charge is 0.354 e. The lowest BCUT2D eigenvalue weighted by Gasteiger charge is -2.24. The van der Waals surface area contributed by atoms with Crippen molar-refractivity contribution in [2.45, 2.75) is 39.2 Å². The third-order valence-electron chi connectivity index (χ3n) is 3.40. The summed E-state index contributed by atoms with van der Waals surface area (Å²) in [5, 5.41) is 14.1. The fourth-order valence-corrected chi connectivity index (χ4v) is 2.49. The van der Waals surface area contributed by atoms with E-state index in [2.05, 4.69) is 22.2 Å². The maximum absolute atomic E-state index is 11.1. The smallest absolute Gasteiger partial charge is 0.329 e. The van der Waals surface area contributed by atoms with Crippen LogP contribution in [-0.4, -0.2) is 34.0 Å². The average molecular weight is 265 g/mol. The molecule has 2 heterocycles. The molecule has 0 aliphatic carbocycles. The molecule has 1 unspecified atom stereocenters. The predicted octanol–water partition coefficient (Wildman–Crippen LogP) is 2.20. The number of rotatable bonds is 5. The highest BCUT2D eigenvalue weighted by Crippen LogP contribution is 2.32. The highest BCUT2D eigenvalue weighted by atomic mass is 16.6. The van der Waals surface area contributed by atoms with Gasteiger partial charge in [0.25, 0.3) is 0 Å². The van der Waals surface area contributed by atoms with E-state index >= 15 is 0 Å². The summed E-state index contributed by atoms with van der Waals surface area (Å²) in [6.45, 7) is 5.55. The standard InChI is InChI=1S/C12H19N5O2/c1-3-9-6-5-7-16(9)11-10(17(18)19)8-14-12(15-11)13-4-2/h8-9H,3-7H2,1-2H3,(H,13,14,15). The normalized spacial score (nSPS) is 18.6. The molecule has 7 heteroatoms. The molecular formula is C12H19N5O2. The molecule has 0 saturated carbocycles. The van der Waals surface area contributed by atoms with E-state index in [0.717, 1.165) is 25.8 Å². The maximum atomic E-state index is 11.1. The van der Waals surface area contributed by atoms with Crippen molar-refractivity contribution in [3.63, 3.8) is 0 Å². The van der Waals surface area contributed by atoms with E-state index in [4.69, 9.17) is 0 Å². The van der Waals surface area contributed by atoms with Crippen molar-refractivity contribution in [2.75, 3.05) is 23.3 Å². The van der Waals surface area contributed by atoms with E-state index in [0.29, 0.717) is 24.4 Å². The molecule has 0 bridgehead atoms. The van der Waals surface area contributed by atoms with Gasteiger partial charge >= 0.3 is 5.69 Å². The summed E-state index contributed by atoms with van der Waals surface area (Å²) in [5.74, 6) is 0.894. The first-order valence-corrected chi connectivity index (χ1v) is 6.69. The minimum Gasteiger partial charge on any atom is -0.354 e. The van der Waals surface area contributed by atoms with Gasteiger partial charge in [0.05, 0.1) is 4.92 Å². The van der Waals surface area contributed by atoms with E-state index in [1.807, 2.05) is 11.8 Å². The molecule has 1 saturated heterocycles. The van der Waals surface area contributed by atoms with Crippen LogP contribution in [0.5, 0.6) is 0 Å². The van der Waals surface area contributed by atoms with Crippen LogP contribution in [-0.2, 0) is 0 Å². The van der Waals surface area contributed by atoms with Gasteiger partial charge in [-0.3, -0.25) is 10.1 Å². The molecule has 2 rings (SSSR count). The number of hydrogen-bond acceptors (Lipinski definition) is 6. The summed E-state index contributed by atoms with van der Waals surface area (Å²) >= 11 is 0. The lowest BCUT2D eigenvalue weighted by molar-refractivity contribution is -0.384. The first kappa shape index (κ1) is 13.5. The van der Waals surface area contributed by atoms with Crippen LogP contribution in [0.25, 0.3) is 0 Å². The fraction of sp³-hybridized carbons (Fsp3) is 0.667. The molecule has 104 valence electrons. The molecule has 0 aromatic carbocycles. The Morgan fingerprint density at radius 1 is 1.58 bits per heavy atom. The first-order chi connectivity index (χ1) is 9.17. The van der Waals surface area contributed by atoms with Gasteiger partial charge in [-0.15, -0.1) is 0 Å². The van der Waals surface area contributed by atoms with Crippen LogP contribution < -0.4 is 10.2 Å². The molecule has 0 radical (unpaired) electrons. The van der Waals surface area contributed by atoms with Crippen LogP contribution in [0.3, 0.4) is 0 Å². The first-order valence-electron chi connectivity index (χ1n) is 6.69. The van der Waals surface area contributed by atoms with Gasteiger partial charge in [-0.25, -0.2) is 4.98 Å². The Hall–Kier alpha value is -1.92. The molecular weight excluding hydrogens is 246 g/mol. The molecule has 1 aliphatic heterocycles. The van der Waals surface area contributed by atoms with Crippen LogP contribution in [0.4, 0.5) is 17.5 Å². The summed E-state index contributed by atoms with van der Waals surface area (Å²) in [7, 11) is 0. The van der Waals surface area contributed by atoms with Crippen LogP contribution in [0.1, 0.15) is 33.1 Å². The number of anilines is 2. The highest BCUT2D eigenvalue weighted by Gasteiger charge is 2.30. The van der Waals surface area contributed by atoms with Crippen molar-refractivity contribution in [3.05, 3.63) is 16.3 Å². The van der Waals surface area contributed by atoms with Gasteiger partial charge in [-0.05, 0) is 26.2 Å². The van der Waals surface area contributed by atoms with Gasteiger partial charge in [-0.2, -0.15) is 4.98 Å². The van der Waals surface area contributed by atoms with E-state index < -0.39 is 4.92 Å². The third-order valence-corrected chi connectivity index (χ3v) is 3.40. The van der Waals surface area contributed by atoms with Crippen molar-refractivity contribution in [1.29, 1.82) is 0 Å². The van der Waals surface area contributed by atoms with Crippen molar-refractivity contribution < 1.29 is 4.92 Å². The van der Waals surface area contributed by atoms with Crippen molar-refractivity contribution in [2.24, 2.45) is 0 Å². The zero-order valence-corrected chi connectivity index (χ0v) is 11.3. The average Bonchev–Trinajstić information content (AvgIpc) is 2.86. The second kappa shape index (κ2) is 5.81. The van der Waals surface area contributed by atoms with Crippen LogP contribution in [0.2, 0.25) is 0 Å². The van der Waals surface area contributed by atoms with E-state index in [9.17, 15) is 10.1 Å². The summed E-state index contributed by atoms with van der Waals surface area (Å²) in [6.07, 6.45) is 4.38. The summed E-state index contributed by atoms with van der Waals surface area (Å²) in [6, 6.07) is 0.336. The SMILES string of the molecule is CCNc1ncc([N+](=O)[O-])c(N2CCCC2CC)n1. The molecule has 1 aromatic rings. The fourth-order valence-electron chi connectivity index (χ4n) is 2.49. The molecule has 1 aliphatic rings. The van der Waals surface area contributed by atoms with Crippen molar-refractivity contribution in [3.8, 4) is 0 Å². The summed E-state index contributed by atoms with van der Waals surface area (Å²) in [4.78, 5) is 21.1. The second-order valence-corrected chi connectivity index (χ2v) is 4.59. The van der Waals surface area contributed by atoms with Gasteiger partial charge in [0.1, 0.15) is 6.20 Å². The van der Waals surface area contributed by atoms with E-state index in [1.54, 1.807) is 0 Å². The number of hydrogen-bond donors (Lipinski definition) is 1. The van der Waals surface area contributed by atoms with Gasteiger partial charge in [0.15, 0.2) is 0 Å². The molecule has 1 N–H and O–H groups in total. The Kier molecular flexibility index (Phi) is 4.13. The lowest BCUT2D eigenvalue weighted by atomic mass is 10.2. The number of nitrogens with zero attached hydrogens (tertiary/aromatic N) is 4. The molecule has 0 amide bonds. The Balaban J connectivity index is 2.39. The van der Waals surface area contributed by atoms with Gasteiger partial charge < -0.3 is 10.2 Å². The number of nitro groups is 1. The minimum absolute atomic E-state index is 0.0120. The second-order valence-electron chi connectivity index (χ2n) is 4.59. The molecule has 19 heavy (non-hydrogen) atoms. The topological polar surface area (TPSA) is 84.2 Å². The zero-order valence-electron chi connectivity index (χ0n) is 11.3. The number of nitrogens with one attached hydrogen (secondary N) is 1. The lowest BCUT2D eigenvalue weighted by Crippen LogP contribution is -2.30. The van der Waals surface area contributed by atoms with E-state index in [-0.39, 0.29) is 5.69 Å². The monoisotopic (exact) mass is 265 g/mol. The van der Waals surface area contributed by atoms with Gasteiger partial charge in [-0.1, -0.05) is 6.92 Å². The van der Waals surface area contributed by atoms with Crippen LogP contribution in [0, 0.1) is 10.1 Å². The molecule has 1 atom stereocenters. The van der Waals surface area contributed by atoms with Gasteiger partial charge in [0.2, 0.25) is 11.8 Å². The quantitative estimate of drug-likeness (QED) is 0.649. The Bertz CT molecular complexity index is 465.